The van der Waals surface area contributed by atoms with Crippen molar-refractivity contribution in [3.05, 3.63) is 17.2 Å². The van der Waals surface area contributed by atoms with Gasteiger partial charge in [-0.15, -0.1) is 0 Å². The topological polar surface area (TPSA) is 60.7 Å². The molecule has 3 heteroatoms. The molecule has 3 nitrogen and oxygen atoms in total. The summed E-state index contributed by atoms with van der Waals surface area (Å²) in [6.45, 7) is 0. The highest BCUT2D eigenvalue weighted by molar-refractivity contribution is 5.65. The van der Waals surface area contributed by atoms with E-state index in [1.165, 1.54) is 0 Å². The van der Waals surface area contributed by atoms with Crippen molar-refractivity contribution in [3.8, 4) is 17.2 Å². The van der Waals surface area contributed by atoms with Crippen molar-refractivity contribution in [3.63, 3.8) is 0 Å². The Hall–Kier alpha value is -1.38. The molecule has 0 unspecified atom stereocenters. The second-order valence-corrected chi connectivity index (χ2v) is 2.40. The first-order valence-corrected chi connectivity index (χ1v) is 2.96. The Bertz CT molecular complexity index is 300. The molecule has 0 saturated heterocycles. The Kier molecular flexibility index (Phi) is 0.740. The first-order chi connectivity index (χ1) is 4.70. The highest BCUT2D eigenvalue weighted by Gasteiger charge is 2.27. The number of hydrogen-bond donors (Lipinski definition) is 3. The van der Waals surface area contributed by atoms with E-state index >= 15 is 0 Å². The number of hydrogen-bond acceptors (Lipinski definition) is 3. The van der Waals surface area contributed by atoms with Crippen LogP contribution in [0, 0.1) is 0 Å². The second-order valence-electron chi connectivity index (χ2n) is 2.40. The SMILES string of the molecule is Oc1cc(O)c2c(c1O)C2. The maximum absolute atomic E-state index is 9.02. The van der Waals surface area contributed by atoms with E-state index in [9.17, 15) is 0 Å². The summed E-state index contributed by atoms with van der Waals surface area (Å²) in [5.74, 6) is -0.258. The number of aromatic hydroxyl groups is 3. The van der Waals surface area contributed by atoms with Gasteiger partial charge in [-0.3, -0.25) is 0 Å². The molecule has 0 fully saturated rings. The van der Waals surface area contributed by atoms with Gasteiger partial charge in [-0.05, 0) is 0 Å². The fourth-order valence-electron chi connectivity index (χ4n) is 1.04. The van der Waals surface area contributed by atoms with Crippen LogP contribution in [0.25, 0.3) is 0 Å². The van der Waals surface area contributed by atoms with E-state index in [1.807, 2.05) is 0 Å². The van der Waals surface area contributed by atoms with Crippen LogP contribution in [0.15, 0.2) is 6.07 Å². The van der Waals surface area contributed by atoms with E-state index in [-0.39, 0.29) is 17.2 Å². The smallest absolute Gasteiger partial charge is 0.161 e. The highest BCUT2D eigenvalue weighted by atomic mass is 16.3. The third-order valence-electron chi connectivity index (χ3n) is 1.70. The monoisotopic (exact) mass is 138 g/mol. The molecule has 10 heavy (non-hydrogen) atoms. The minimum absolute atomic E-state index is 0.0744. The third kappa shape index (κ3) is 0.492. The van der Waals surface area contributed by atoms with Crippen molar-refractivity contribution in [2.45, 2.75) is 6.42 Å². The van der Waals surface area contributed by atoms with Gasteiger partial charge in [-0.25, -0.2) is 0 Å². The lowest BCUT2D eigenvalue weighted by Crippen LogP contribution is -1.67. The molecule has 3 N–H and O–H groups in total. The second kappa shape index (κ2) is 1.37. The fraction of sp³-hybridized carbons (Fsp3) is 0.143. The summed E-state index contributed by atoms with van der Waals surface area (Å²) in [5.41, 5.74) is 1.41. The minimum atomic E-state index is -0.242. The molecule has 1 aliphatic rings. The molecule has 1 aromatic carbocycles. The van der Waals surface area contributed by atoms with Crippen LogP contribution in [0.3, 0.4) is 0 Å². The number of phenolic OH excluding ortho intramolecular Hbond substituents is 3. The maximum Gasteiger partial charge on any atom is 0.161 e. The number of rotatable bonds is 0. The van der Waals surface area contributed by atoms with Gasteiger partial charge in [0, 0.05) is 23.6 Å². The summed E-state index contributed by atoms with van der Waals surface area (Å²) >= 11 is 0. The molecule has 0 saturated carbocycles. The summed E-state index contributed by atoms with van der Waals surface area (Å²) in [5, 5.41) is 26.9. The summed E-state index contributed by atoms with van der Waals surface area (Å²) in [6.07, 6.45) is 0.595. The Morgan fingerprint density at radius 2 is 1.70 bits per heavy atom. The highest BCUT2D eigenvalue weighted by Crippen LogP contribution is 2.47. The van der Waals surface area contributed by atoms with Crippen LogP contribution in [-0.4, -0.2) is 15.3 Å². The summed E-state index contributed by atoms with van der Waals surface area (Å²) in [7, 11) is 0. The predicted octanol–water partition coefficient (Wildman–Crippen LogP) is 0.708. The van der Waals surface area contributed by atoms with Gasteiger partial charge in [0.2, 0.25) is 0 Å². The van der Waals surface area contributed by atoms with Crippen molar-refractivity contribution in [2.75, 3.05) is 0 Å². The minimum Gasteiger partial charge on any atom is -0.508 e. The van der Waals surface area contributed by atoms with E-state index in [0.29, 0.717) is 12.0 Å². The van der Waals surface area contributed by atoms with E-state index in [2.05, 4.69) is 0 Å². The van der Waals surface area contributed by atoms with Crippen LogP contribution in [-0.2, 0) is 6.42 Å². The van der Waals surface area contributed by atoms with Gasteiger partial charge >= 0.3 is 0 Å². The van der Waals surface area contributed by atoms with Gasteiger partial charge < -0.3 is 15.3 Å². The van der Waals surface area contributed by atoms with E-state index in [1.54, 1.807) is 0 Å². The molecule has 0 heterocycles. The standard InChI is InChI=1S/C7H6O3/c8-5-2-6(9)7(10)4-1-3(4)5/h2,8-10H,1H2. The van der Waals surface area contributed by atoms with Crippen LogP contribution in [0.1, 0.15) is 11.1 Å². The van der Waals surface area contributed by atoms with Gasteiger partial charge in [0.15, 0.2) is 11.5 Å². The van der Waals surface area contributed by atoms with E-state index in [0.717, 1.165) is 11.6 Å². The van der Waals surface area contributed by atoms with Crippen LogP contribution >= 0.6 is 0 Å². The molecule has 0 aromatic heterocycles. The lowest BCUT2D eigenvalue weighted by Gasteiger charge is -1.94. The molecule has 0 amide bonds. The largest absolute Gasteiger partial charge is 0.508 e. The molecule has 2 rings (SSSR count). The molecule has 1 aromatic rings. The molecule has 0 radical (unpaired) electrons. The van der Waals surface area contributed by atoms with Crippen molar-refractivity contribution >= 4 is 0 Å². The Labute approximate surface area is 57.2 Å². The molecule has 0 bridgehead atoms. The Balaban J connectivity index is 2.71. The normalized spacial score (nSPS) is 12.8. The molecular weight excluding hydrogens is 132 g/mol. The van der Waals surface area contributed by atoms with Crippen LogP contribution in [0.5, 0.6) is 17.2 Å². The fourth-order valence-corrected chi connectivity index (χ4v) is 1.04. The number of benzene rings is 1. The van der Waals surface area contributed by atoms with Gasteiger partial charge in [0.25, 0.3) is 0 Å². The molecule has 0 atom stereocenters. The van der Waals surface area contributed by atoms with E-state index in [4.69, 9.17) is 15.3 Å². The lowest BCUT2D eigenvalue weighted by molar-refractivity contribution is 0.397. The zero-order chi connectivity index (χ0) is 7.30. The molecule has 52 valence electrons. The quantitative estimate of drug-likeness (QED) is 0.371. The molecule has 1 aliphatic carbocycles. The van der Waals surface area contributed by atoms with Crippen LogP contribution in [0.2, 0.25) is 0 Å². The maximum atomic E-state index is 9.02. The van der Waals surface area contributed by atoms with Crippen molar-refractivity contribution in [1.29, 1.82) is 0 Å². The molecule has 0 aliphatic heterocycles. The van der Waals surface area contributed by atoms with Crippen LogP contribution in [0.4, 0.5) is 0 Å². The Morgan fingerprint density at radius 3 is 2.40 bits per heavy atom. The predicted molar refractivity (Wildman–Crippen MR) is 34.2 cm³/mol. The van der Waals surface area contributed by atoms with Gasteiger partial charge in [0.1, 0.15) is 5.75 Å². The molecular formula is C7H6O3. The first-order valence-electron chi connectivity index (χ1n) is 2.96. The van der Waals surface area contributed by atoms with E-state index < -0.39 is 0 Å². The average molecular weight is 138 g/mol. The number of phenols is 3. The zero-order valence-corrected chi connectivity index (χ0v) is 5.13. The van der Waals surface area contributed by atoms with Gasteiger partial charge in [-0.2, -0.15) is 0 Å². The van der Waals surface area contributed by atoms with Crippen LogP contribution < -0.4 is 0 Å². The van der Waals surface area contributed by atoms with Crippen molar-refractivity contribution in [1.82, 2.24) is 0 Å². The first kappa shape index (κ1) is 5.41. The zero-order valence-electron chi connectivity index (χ0n) is 5.13. The summed E-state index contributed by atoms with van der Waals surface area (Å²) in [6, 6.07) is 1.15. The number of fused-ring (bicyclic) bond motifs is 1. The lowest BCUT2D eigenvalue weighted by atomic mass is 10.3. The summed E-state index contributed by atoms with van der Waals surface area (Å²) in [4.78, 5) is 0. The molecule has 0 spiro atoms. The van der Waals surface area contributed by atoms with Gasteiger partial charge in [0.05, 0.1) is 0 Å². The van der Waals surface area contributed by atoms with Crippen molar-refractivity contribution < 1.29 is 15.3 Å². The summed E-state index contributed by atoms with van der Waals surface area (Å²) < 4.78 is 0. The van der Waals surface area contributed by atoms with Crippen molar-refractivity contribution in [2.24, 2.45) is 0 Å². The average Bonchev–Trinajstić information content (AvgIpc) is 2.61. The Morgan fingerprint density at radius 1 is 1.00 bits per heavy atom. The van der Waals surface area contributed by atoms with Gasteiger partial charge in [-0.1, -0.05) is 0 Å². The third-order valence-corrected chi connectivity index (χ3v) is 1.70.